The summed E-state index contributed by atoms with van der Waals surface area (Å²) in [5, 5.41) is 4.91. The minimum Gasteiger partial charge on any atom is -0.309 e. The lowest BCUT2D eigenvalue weighted by Crippen LogP contribution is -2.28. The Hall–Kier alpha value is -10.3. The van der Waals surface area contributed by atoms with Crippen LogP contribution in [-0.4, -0.2) is 4.57 Å². The molecule has 0 atom stereocenters. The van der Waals surface area contributed by atoms with Crippen LogP contribution in [0.3, 0.4) is 0 Å². The highest BCUT2D eigenvalue weighted by atomic mass is 15.1. The second-order valence-electron chi connectivity index (χ2n) is 20.7. The number of fused-ring (bicyclic) bond motifs is 7. The molecule has 2 nitrogen and oxygen atoms in total. The van der Waals surface area contributed by atoms with Gasteiger partial charge in [-0.25, -0.2) is 0 Å². The summed E-state index contributed by atoms with van der Waals surface area (Å²) in [4.78, 5) is 2.51. The smallest absolute Gasteiger partial charge is 0.0713 e. The number of hydrogen-bond acceptors (Lipinski definition) is 1. The highest BCUT2D eigenvalue weighted by molar-refractivity contribution is 6.11. The molecular weight excluding hydrogens is 953 g/mol. The van der Waals surface area contributed by atoms with Crippen LogP contribution >= 0.6 is 0 Å². The molecule has 0 radical (unpaired) electrons. The number of rotatable bonds is 10. The van der Waals surface area contributed by atoms with Crippen molar-refractivity contribution in [3.8, 4) is 61.3 Å². The fourth-order valence-electron chi connectivity index (χ4n) is 13.2. The van der Waals surface area contributed by atoms with E-state index in [4.69, 9.17) is 0 Å². The molecule has 13 aromatic carbocycles. The highest BCUT2D eigenvalue weighted by Crippen LogP contribution is 2.59. The first kappa shape index (κ1) is 46.1. The first-order valence-corrected chi connectivity index (χ1v) is 27.3. The van der Waals surface area contributed by atoms with Crippen LogP contribution in [0.25, 0.3) is 93.9 Å². The number of aromatic nitrogens is 1. The monoisotopic (exact) mass is 1000 g/mol. The molecule has 79 heavy (non-hydrogen) atoms. The maximum atomic E-state index is 2.51. The Balaban J connectivity index is 0.958. The first-order valence-electron chi connectivity index (χ1n) is 27.3. The zero-order valence-electron chi connectivity index (χ0n) is 43.4. The largest absolute Gasteiger partial charge is 0.309 e. The summed E-state index contributed by atoms with van der Waals surface area (Å²) in [5.74, 6) is 0. The van der Waals surface area contributed by atoms with Crippen molar-refractivity contribution < 1.29 is 0 Å². The topological polar surface area (TPSA) is 8.17 Å². The van der Waals surface area contributed by atoms with Gasteiger partial charge in [-0.05, 0) is 126 Å². The van der Waals surface area contributed by atoms with Gasteiger partial charge >= 0.3 is 0 Å². The van der Waals surface area contributed by atoms with E-state index < -0.39 is 5.41 Å². The Kier molecular flexibility index (Phi) is 11.1. The quantitative estimate of drug-likeness (QED) is 0.133. The zero-order valence-corrected chi connectivity index (χ0v) is 43.4. The van der Waals surface area contributed by atoms with Gasteiger partial charge in [-0.15, -0.1) is 0 Å². The summed E-state index contributed by atoms with van der Waals surface area (Å²) >= 11 is 0. The van der Waals surface area contributed by atoms with Crippen molar-refractivity contribution in [2.75, 3.05) is 4.90 Å². The summed E-state index contributed by atoms with van der Waals surface area (Å²) < 4.78 is 2.40. The average molecular weight is 1010 g/mol. The molecule has 0 aliphatic heterocycles. The van der Waals surface area contributed by atoms with Gasteiger partial charge in [0.1, 0.15) is 0 Å². The van der Waals surface area contributed by atoms with Gasteiger partial charge in [0.05, 0.1) is 27.8 Å². The van der Waals surface area contributed by atoms with Crippen LogP contribution in [0.4, 0.5) is 17.1 Å². The lowest BCUT2D eigenvalue weighted by atomic mass is 9.67. The van der Waals surface area contributed by atoms with Crippen LogP contribution in [0.5, 0.6) is 0 Å². The van der Waals surface area contributed by atoms with Crippen LogP contribution in [0.15, 0.2) is 315 Å². The predicted molar refractivity (Wildman–Crippen MR) is 332 cm³/mol. The number of para-hydroxylation sites is 4. The van der Waals surface area contributed by atoms with E-state index in [0.717, 1.165) is 45.0 Å². The van der Waals surface area contributed by atoms with Crippen LogP contribution < -0.4 is 4.90 Å². The third-order valence-corrected chi connectivity index (χ3v) is 16.5. The predicted octanol–water partition coefficient (Wildman–Crippen LogP) is 20.4. The van der Waals surface area contributed by atoms with E-state index in [1.165, 1.54) is 88.2 Å². The van der Waals surface area contributed by atoms with Crippen LogP contribution in [0.1, 0.15) is 22.3 Å². The molecule has 0 fully saturated rings. The summed E-state index contributed by atoms with van der Waals surface area (Å²) in [6, 6.07) is 116. The van der Waals surface area contributed by atoms with Crippen molar-refractivity contribution in [2.45, 2.75) is 5.41 Å². The lowest BCUT2D eigenvalue weighted by Gasteiger charge is -2.34. The molecule has 1 aliphatic carbocycles. The van der Waals surface area contributed by atoms with Crippen LogP contribution in [0.2, 0.25) is 0 Å². The molecule has 0 amide bonds. The molecule has 0 N–H and O–H groups in total. The number of benzene rings is 13. The fraction of sp³-hybridized carbons (Fsp3) is 0.0130. The summed E-state index contributed by atoms with van der Waals surface area (Å²) in [5.41, 5.74) is 23.2. The Labute approximate surface area is 461 Å². The summed E-state index contributed by atoms with van der Waals surface area (Å²) in [6.07, 6.45) is 0. The third-order valence-electron chi connectivity index (χ3n) is 16.5. The Bertz CT molecular complexity index is 4530. The number of nitrogens with zero attached hydrogens (tertiary/aromatic N) is 2. The van der Waals surface area contributed by atoms with E-state index >= 15 is 0 Å². The second kappa shape index (κ2) is 19.1. The van der Waals surface area contributed by atoms with E-state index in [0.29, 0.717) is 0 Å². The molecule has 0 saturated heterocycles. The molecular formula is C77H52N2. The minimum absolute atomic E-state index is 0.537. The van der Waals surface area contributed by atoms with Gasteiger partial charge in [-0.1, -0.05) is 267 Å². The molecule has 0 spiro atoms. The molecule has 0 bridgehead atoms. The molecule has 0 saturated carbocycles. The van der Waals surface area contributed by atoms with E-state index in [2.05, 4.69) is 325 Å². The summed E-state index contributed by atoms with van der Waals surface area (Å²) in [7, 11) is 0. The van der Waals surface area contributed by atoms with Crippen molar-refractivity contribution in [1.29, 1.82) is 0 Å². The van der Waals surface area contributed by atoms with E-state index in [-0.39, 0.29) is 0 Å². The van der Waals surface area contributed by atoms with E-state index in [1.807, 2.05) is 0 Å². The Morgan fingerprint density at radius 2 is 0.785 bits per heavy atom. The molecule has 1 aromatic heterocycles. The molecule has 2 heteroatoms. The standard InChI is InChI=1S/C77H52N2/c1-5-24-54(25-6-1)61-38-21-26-55-27-22-39-66(75(55)61)63-35-15-19-44-72(63)78(60-49-46-53(47-50-60)56-48-51-65-62-34-14-18-43-71(62)79(74(65)52-56)59-32-11-4-12-33-59)73-45-20-16-36-64(73)67-40-23-42-70-76(67)68-37-13-17-41-69(68)77(70,57-28-7-2-8-29-57)58-30-9-3-10-31-58/h1-52H. The first-order chi connectivity index (χ1) is 39.2. The fourth-order valence-corrected chi connectivity index (χ4v) is 13.2. The zero-order chi connectivity index (χ0) is 52.3. The number of anilines is 3. The van der Waals surface area contributed by atoms with Crippen molar-refractivity contribution in [1.82, 2.24) is 4.57 Å². The van der Waals surface area contributed by atoms with Crippen molar-refractivity contribution >= 4 is 49.6 Å². The summed E-state index contributed by atoms with van der Waals surface area (Å²) in [6.45, 7) is 0. The lowest BCUT2D eigenvalue weighted by molar-refractivity contribution is 0.768. The molecule has 15 rings (SSSR count). The van der Waals surface area contributed by atoms with Crippen molar-refractivity contribution in [3.05, 3.63) is 338 Å². The SMILES string of the molecule is c1ccc(-c2cccc3cccc(-c4ccccc4N(c4ccc(-c5ccc6c7ccccc7n(-c7ccccc7)c6c5)cc4)c4ccccc4-c4cccc5c4-c4ccccc4C5(c4ccccc4)c4ccccc4)c23)cc1. The van der Waals surface area contributed by atoms with Gasteiger partial charge in [-0.3, -0.25) is 0 Å². The van der Waals surface area contributed by atoms with Crippen molar-refractivity contribution in [2.24, 2.45) is 0 Å². The maximum Gasteiger partial charge on any atom is 0.0713 e. The Morgan fingerprint density at radius 1 is 0.291 bits per heavy atom. The van der Waals surface area contributed by atoms with Crippen LogP contribution in [0, 0.1) is 0 Å². The van der Waals surface area contributed by atoms with E-state index in [1.54, 1.807) is 0 Å². The van der Waals surface area contributed by atoms with E-state index in [9.17, 15) is 0 Å². The molecule has 14 aromatic rings. The van der Waals surface area contributed by atoms with Gasteiger partial charge < -0.3 is 9.47 Å². The van der Waals surface area contributed by atoms with Crippen molar-refractivity contribution in [3.63, 3.8) is 0 Å². The molecule has 1 heterocycles. The highest BCUT2D eigenvalue weighted by Gasteiger charge is 2.47. The number of hydrogen-bond donors (Lipinski definition) is 0. The average Bonchev–Trinajstić information content (AvgIpc) is 4.27. The van der Waals surface area contributed by atoms with Gasteiger partial charge in [0.15, 0.2) is 0 Å². The van der Waals surface area contributed by atoms with Gasteiger partial charge in [0, 0.05) is 33.3 Å². The normalized spacial score (nSPS) is 12.4. The van der Waals surface area contributed by atoms with Gasteiger partial charge in [0.2, 0.25) is 0 Å². The Morgan fingerprint density at radius 3 is 1.48 bits per heavy atom. The van der Waals surface area contributed by atoms with Gasteiger partial charge in [0.25, 0.3) is 0 Å². The van der Waals surface area contributed by atoms with Gasteiger partial charge in [-0.2, -0.15) is 0 Å². The van der Waals surface area contributed by atoms with Crippen LogP contribution in [-0.2, 0) is 5.41 Å². The third kappa shape index (κ3) is 7.41. The minimum atomic E-state index is -0.537. The molecule has 370 valence electrons. The maximum absolute atomic E-state index is 2.51. The second-order valence-corrected chi connectivity index (χ2v) is 20.7. The molecule has 0 unspecified atom stereocenters. The molecule has 1 aliphatic rings.